The molecule has 0 bridgehead atoms. The summed E-state index contributed by atoms with van der Waals surface area (Å²) in [6, 6.07) is 14.9. The minimum Gasteiger partial charge on any atom is -0.497 e. The van der Waals surface area contributed by atoms with E-state index in [1.165, 1.54) is 7.11 Å². The highest BCUT2D eigenvalue weighted by molar-refractivity contribution is 6.04. The molecule has 0 aliphatic carbocycles. The Morgan fingerprint density at radius 3 is 2.00 bits per heavy atom. The Morgan fingerprint density at radius 2 is 1.48 bits per heavy atom. The van der Waals surface area contributed by atoms with Crippen LogP contribution in [0.5, 0.6) is 11.5 Å². The van der Waals surface area contributed by atoms with Crippen LogP contribution in [0.25, 0.3) is 0 Å². The van der Waals surface area contributed by atoms with Crippen molar-refractivity contribution < 1.29 is 19.0 Å². The molecule has 1 aliphatic rings. The number of carbonyl (C=O) groups is 1. The molecule has 2 atom stereocenters. The van der Waals surface area contributed by atoms with E-state index in [2.05, 4.69) is 4.99 Å². The molecule has 2 aromatic rings. The van der Waals surface area contributed by atoms with Crippen molar-refractivity contribution in [2.24, 2.45) is 4.99 Å². The fourth-order valence-electron chi connectivity index (χ4n) is 3.10. The number of methoxy groups -OCH3 is 3. The van der Waals surface area contributed by atoms with Gasteiger partial charge in [-0.25, -0.2) is 4.79 Å². The van der Waals surface area contributed by atoms with Crippen molar-refractivity contribution in [1.29, 1.82) is 0 Å². The maximum Gasteiger partial charge on any atom is 0.331 e. The molecule has 0 saturated heterocycles. The number of rotatable bonds is 5. The quantitative estimate of drug-likeness (QED) is 0.785. The van der Waals surface area contributed by atoms with Gasteiger partial charge in [0.2, 0.25) is 0 Å². The Balaban J connectivity index is 1.89. The summed E-state index contributed by atoms with van der Waals surface area (Å²) >= 11 is 0. The van der Waals surface area contributed by atoms with Crippen LogP contribution in [-0.2, 0) is 9.53 Å². The lowest BCUT2D eigenvalue weighted by molar-refractivity contribution is -0.142. The van der Waals surface area contributed by atoms with Crippen molar-refractivity contribution in [2.45, 2.75) is 18.4 Å². The summed E-state index contributed by atoms with van der Waals surface area (Å²) in [7, 11) is 4.66. The normalized spacial score (nSPS) is 19.2. The third kappa shape index (κ3) is 3.50. The van der Waals surface area contributed by atoms with E-state index in [1.54, 1.807) is 14.2 Å². The van der Waals surface area contributed by atoms with Crippen molar-refractivity contribution in [3.8, 4) is 11.5 Å². The lowest BCUT2D eigenvalue weighted by Gasteiger charge is -2.16. The van der Waals surface area contributed by atoms with Crippen molar-refractivity contribution in [3.05, 3.63) is 59.7 Å². The van der Waals surface area contributed by atoms with Crippen LogP contribution >= 0.6 is 0 Å². The van der Waals surface area contributed by atoms with E-state index >= 15 is 0 Å². The number of nitrogens with zero attached hydrogens (tertiary/aromatic N) is 1. The first-order chi connectivity index (χ1) is 12.2. The molecule has 0 aromatic heterocycles. The first-order valence-corrected chi connectivity index (χ1v) is 8.09. The fraction of sp³-hybridized carbons (Fsp3) is 0.300. The van der Waals surface area contributed by atoms with Crippen molar-refractivity contribution in [3.63, 3.8) is 0 Å². The zero-order chi connectivity index (χ0) is 17.8. The number of carbonyl (C=O) groups excluding carboxylic acids is 1. The Kier molecular flexibility index (Phi) is 5.03. The molecule has 0 saturated carbocycles. The van der Waals surface area contributed by atoms with E-state index in [-0.39, 0.29) is 11.9 Å². The minimum atomic E-state index is -0.532. The summed E-state index contributed by atoms with van der Waals surface area (Å²) in [4.78, 5) is 16.9. The average Bonchev–Trinajstić information content (AvgIpc) is 3.13. The molecule has 25 heavy (non-hydrogen) atoms. The largest absolute Gasteiger partial charge is 0.497 e. The van der Waals surface area contributed by atoms with Gasteiger partial charge >= 0.3 is 5.97 Å². The Labute approximate surface area is 147 Å². The van der Waals surface area contributed by atoms with Crippen molar-refractivity contribution >= 4 is 11.7 Å². The third-order valence-corrected chi connectivity index (χ3v) is 4.50. The summed E-state index contributed by atoms with van der Waals surface area (Å²) in [6.45, 7) is 0. The van der Waals surface area contributed by atoms with Gasteiger partial charge in [-0.05, 0) is 53.9 Å². The van der Waals surface area contributed by atoms with Crippen LogP contribution in [0.1, 0.15) is 23.5 Å². The van der Waals surface area contributed by atoms with Gasteiger partial charge in [-0.2, -0.15) is 0 Å². The van der Waals surface area contributed by atoms with E-state index in [0.717, 1.165) is 28.3 Å². The van der Waals surface area contributed by atoms with E-state index in [4.69, 9.17) is 14.2 Å². The standard InChI is InChI=1S/C20H21NO4/c1-23-15-8-4-13(5-9-15)17-12-18(21-19(17)20(22)25-3)14-6-10-16(24-2)11-7-14/h4-11,17,19H,12H2,1-3H3/t17-,19-/m1/s1. The summed E-state index contributed by atoms with van der Waals surface area (Å²) in [5.41, 5.74) is 2.94. The maximum absolute atomic E-state index is 12.2. The second-order valence-electron chi connectivity index (χ2n) is 5.86. The van der Waals surface area contributed by atoms with Gasteiger partial charge in [-0.1, -0.05) is 12.1 Å². The second-order valence-corrected chi connectivity index (χ2v) is 5.86. The molecule has 1 aliphatic heterocycles. The predicted molar refractivity (Wildman–Crippen MR) is 95.7 cm³/mol. The van der Waals surface area contributed by atoms with E-state index in [1.807, 2.05) is 48.5 Å². The van der Waals surface area contributed by atoms with E-state index in [9.17, 15) is 4.79 Å². The van der Waals surface area contributed by atoms with Gasteiger partial charge in [0.05, 0.1) is 21.3 Å². The lowest BCUT2D eigenvalue weighted by Crippen LogP contribution is -2.24. The van der Waals surface area contributed by atoms with Gasteiger partial charge in [0.15, 0.2) is 6.04 Å². The number of benzene rings is 2. The second kappa shape index (κ2) is 7.38. The molecule has 0 radical (unpaired) electrons. The highest BCUT2D eigenvalue weighted by atomic mass is 16.5. The zero-order valence-electron chi connectivity index (χ0n) is 14.6. The molecule has 0 fully saturated rings. The first kappa shape index (κ1) is 17.0. The Bertz CT molecular complexity index is 765. The average molecular weight is 339 g/mol. The monoisotopic (exact) mass is 339 g/mol. The highest BCUT2D eigenvalue weighted by Gasteiger charge is 2.36. The Morgan fingerprint density at radius 1 is 0.920 bits per heavy atom. The van der Waals surface area contributed by atoms with Crippen LogP contribution in [0, 0.1) is 0 Å². The minimum absolute atomic E-state index is 0.0459. The molecule has 0 N–H and O–H groups in total. The maximum atomic E-state index is 12.2. The zero-order valence-corrected chi connectivity index (χ0v) is 14.6. The van der Waals surface area contributed by atoms with Crippen LogP contribution in [0.3, 0.4) is 0 Å². The van der Waals surface area contributed by atoms with Crippen molar-refractivity contribution in [1.82, 2.24) is 0 Å². The van der Waals surface area contributed by atoms with Crippen LogP contribution in [0.2, 0.25) is 0 Å². The van der Waals surface area contributed by atoms with Gasteiger partial charge in [-0.15, -0.1) is 0 Å². The molecule has 5 nitrogen and oxygen atoms in total. The van der Waals surface area contributed by atoms with Crippen molar-refractivity contribution in [2.75, 3.05) is 21.3 Å². The van der Waals surface area contributed by atoms with E-state index < -0.39 is 6.04 Å². The molecule has 5 heteroatoms. The molecule has 0 unspecified atom stereocenters. The smallest absolute Gasteiger partial charge is 0.331 e. The molecule has 1 heterocycles. The summed E-state index contributed by atoms with van der Waals surface area (Å²) in [6.07, 6.45) is 0.679. The molecular formula is C20H21NO4. The van der Waals surface area contributed by atoms with Crippen LogP contribution in [-0.4, -0.2) is 39.1 Å². The van der Waals surface area contributed by atoms with Gasteiger partial charge in [0, 0.05) is 11.6 Å². The number of esters is 1. The Hall–Kier alpha value is -2.82. The predicted octanol–water partition coefficient (Wildman–Crippen LogP) is 3.22. The number of ether oxygens (including phenoxy) is 3. The molecular weight excluding hydrogens is 318 g/mol. The van der Waals surface area contributed by atoms with Gasteiger partial charge in [-0.3, -0.25) is 4.99 Å². The summed E-state index contributed by atoms with van der Waals surface area (Å²) in [5, 5.41) is 0. The van der Waals surface area contributed by atoms with Crippen LogP contribution in [0.15, 0.2) is 53.5 Å². The SMILES string of the molecule is COC(=O)[C@@H]1N=C(c2ccc(OC)cc2)C[C@@H]1c1ccc(OC)cc1. The summed E-state index contributed by atoms with van der Waals surface area (Å²) < 4.78 is 15.4. The number of hydrogen-bond acceptors (Lipinski definition) is 5. The topological polar surface area (TPSA) is 57.1 Å². The van der Waals surface area contributed by atoms with E-state index in [0.29, 0.717) is 6.42 Å². The van der Waals surface area contributed by atoms with Crippen LogP contribution in [0.4, 0.5) is 0 Å². The van der Waals surface area contributed by atoms with Gasteiger partial charge in [0.1, 0.15) is 11.5 Å². The highest BCUT2D eigenvalue weighted by Crippen LogP contribution is 2.35. The van der Waals surface area contributed by atoms with Crippen LogP contribution < -0.4 is 9.47 Å². The molecule has 2 aromatic carbocycles. The molecule has 0 spiro atoms. The van der Waals surface area contributed by atoms with Gasteiger partial charge in [0.25, 0.3) is 0 Å². The first-order valence-electron chi connectivity index (χ1n) is 8.09. The molecule has 0 amide bonds. The molecule has 3 rings (SSSR count). The summed E-state index contributed by atoms with van der Waals surface area (Å²) in [5.74, 6) is 1.21. The molecule has 130 valence electrons. The third-order valence-electron chi connectivity index (χ3n) is 4.50. The fourth-order valence-corrected chi connectivity index (χ4v) is 3.10. The lowest BCUT2D eigenvalue weighted by atomic mass is 9.89. The number of hydrogen-bond donors (Lipinski definition) is 0. The van der Waals surface area contributed by atoms with Gasteiger partial charge < -0.3 is 14.2 Å². The number of aliphatic imine (C=N–C) groups is 1.